The van der Waals surface area contributed by atoms with E-state index in [2.05, 4.69) is 26.3 Å². The van der Waals surface area contributed by atoms with Crippen molar-refractivity contribution in [2.45, 2.75) is 18.9 Å². The van der Waals surface area contributed by atoms with Crippen molar-refractivity contribution in [3.63, 3.8) is 0 Å². The fourth-order valence-corrected chi connectivity index (χ4v) is 2.87. The average molecular weight is 268 g/mol. The van der Waals surface area contributed by atoms with Gasteiger partial charge in [0.25, 0.3) is 0 Å². The molecule has 0 unspecified atom stereocenters. The third-order valence-electron chi connectivity index (χ3n) is 3.08. The minimum absolute atomic E-state index is 0.561. The zero-order valence-corrected chi connectivity index (χ0v) is 11.0. The van der Waals surface area contributed by atoms with E-state index >= 15 is 0 Å². The first-order chi connectivity index (χ1) is 9.38. The molecule has 1 aliphatic carbocycles. The van der Waals surface area contributed by atoms with Gasteiger partial charge in [0.05, 0.1) is 10.2 Å². The van der Waals surface area contributed by atoms with E-state index in [1.807, 2.05) is 24.3 Å². The number of hydrogen-bond acceptors (Lipinski definition) is 5. The molecule has 2 aromatic heterocycles. The Bertz CT molecular complexity index is 700. The second kappa shape index (κ2) is 4.28. The summed E-state index contributed by atoms with van der Waals surface area (Å²) in [5.74, 6) is 0.708. The van der Waals surface area contributed by atoms with E-state index in [-0.39, 0.29) is 0 Å². The SMILES string of the molecule is c1ccc2sc(-c3ccnc(NC4CC4)n3)nc2c1. The van der Waals surface area contributed by atoms with Crippen molar-refractivity contribution in [3.8, 4) is 10.7 Å². The molecule has 0 atom stereocenters. The van der Waals surface area contributed by atoms with Gasteiger partial charge in [-0.15, -0.1) is 11.3 Å². The summed E-state index contributed by atoms with van der Waals surface area (Å²) >= 11 is 1.66. The molecule has 1 fully saturated rings. The van der Waals surface area contributed by atoms with Crippen molar-refractivity contribution in [1.29, 1.82) is 0 Å². The zero-order chi connectivity index (χ0) is 12.7. The Morgan fingerprint density at radius 2 is 2.00 bits per heavy atom. The van der Waals surface area contributed by atoms with Crippen molar-refractivity contribution in [1.82, 2.24) is 15.0 Å². The standard InChI is InChI=1S/C14H12N4S/c1-2-4-12-10(3-1)17-13(19-12)11-7-8-15-14(18-11)16-9-5-6-9/h1-4,7-9H,5-6H2,(H,15,16,18). The molecule has 2 heterocycles. The quantitative estimate of drug-likeness (QED) is 0.791. The van der Waals surface area contributed by atoms with Gasteiger partial charge in [-0.25, -0.2) is 15.0 Å². The molecule has 0 amide bonds. The van der Waals surface area contributed by atoms with E-state index in [0.29, 0.717) is 12.0 Å². The molecular weight excluding hydrogens is 256 g/mol. The highest BCUT2D eigenvalue weighted by Crippen LogP contribution is 2.29. The molecule has 0 radical (unpaired) electrons. The zero-order valence-electron chi connectivity index (χ0n) is 10.2. The van der Waals surface area contributed by atoms with E-state index in [4.69, 9.17) is 0 Å². The minimum atomic E-state index is 0.561. The van der Waals surface area contributed by atoms with Gasteiger partial charge in [-0.05, 0) is 31.0 Å². The van der Waals surface area contributed by atoms with E-state index in [0.717, 1.165) is 16.2 Å². The molecule has 1 saturated carbocycles. The predicted octanol–water partition coefficient (Wildman–Crippen LogP) is 3.33. The van der Waals surface area contributed by atoms with Crippen molar-refractivity contribution in [3.05, 3.63) is 36.5 Å². The molecule has 94 valence electrons. The Balaban J connectivity index is 1.73. The van der Waals surface area contributed by atoms with Crippen LogP contribution in [0.25, 0.3) is 20.9 Å². The maximum atomic E-state index is 4.62. The first kappa shape index (κ1) is 10.9. The number of aromatic nitrogens is 3. The molecule has 4 nitrogen and oxygen atoms in total. The summed E-state index contributed by atoms with van der Waals surface area (Å²) in [5.41, 5.74) is 1.91. The second-order valence-electron chi connectivity index (χ2n) is 4.67. The monoisotopic (exact) mass is 268 g/mol. The number of fused-ring (bicyclic) bond motifs is 1. The maximum Gasteiger partial charge on any atom is 0.223 e. The van der Waals surface area contributed by atoms with Crippen LogP contribution < -0.4 is 5.32 Å². The Labute approximate surface area is 114 Å². The lowest BCUT2D eigenvalue weighted by Crippen LogP contribution is -2.05. The molecule has 3 aromatic rings. The lowest BCUT2D eigenvalue weighted by molar-refractivity contribution is 1.05. The van der Waals surface area contributed by atoms with Gasteiger partial charge in [-0.2, -0.15) is 0 Å². The van der Waals surface area contributed by atoms with Crippen LogP contribution in [-0.4, -0.2) is 21.0 Å². The van der Waals surface area contributed by atoms with Crippen LogP contribution in [0.4, 0.5) is 5.95 Å². The molecule has 0 spiro atoms. The summed E-state index contributed by atoms with van der Waals surface area (Å²) in [6, 6.07) is 10.6. The fourth-order valence-electron chi connectivity index (χ4n) is 1.94. The Hall–Kier alpha value is -2.01. The Morgan fingerprint density at radius 3 is 2.84 bits per heavy atom. The number of anilines is 1. The number of rotatable bonds is 3. The molecule has 5 heteroatoms. The topological polar surface area (TPSA) is 50.7 Å². The van der Waals surface area contributed by atoms with Gasteiger partial charge < -0.3 is 5.32 Å². The summed E-state index contributed by atoms with van der Waals surface area (Å²) in [7, 11) is 0. The number of hydrogen-bond donors (Lipinski definition) is 1. The highest BCUT2D eigenvalue weighted by molar-refractivity contribution is 7.21. The van der Waals surface area contributed by atoms with Crippen molar-refractivity contribution >= 4 is 27.5 Å². The van der Waals surface area contributed by atoms with E-state index in [1.54, 1.807) is 17.5 Å². The summed E-state index contributed by atoms with van der Waals surface area (Å²) in [6.45, 7) is 0. The molecule has 0 bridgehead atoms. The number of nitrogens with one attached hydrogen (secondary N) is 1. The van der Waals surface area contributed by atoms with Crippen LogP contribution >= 0.6 is 11.3 Å². The maximum absolute atomic E-state index is 4.62. The summed E-state index contributed by atoms with van der Waals surface area (Å²) in [5, 5.41) is 4.26. The van der Waals surface area contributed by atoms with E-state index in [1.165, 1.54) is 17.5 Å². The van der Waals surface area contributed by atoms with Crippen molar-refractivity contribution < 1.29 is 0 Å². The van der Waals surface area contributed by atoms with Gasteiger partial charge in [0, 0.05) is 12.2 Å². The number of thiazole rings is 1. The third-order valence-corrected chi connectivity index (χ3v) is 4.14. The van der Waals surface area contributed by atoms with Gasteiger partial charge >= 0.3 is 0 Å². The van der Waals surface area contributed by atoms with Gasteiger partial charge in [0.2, 0.25) is 5.95 Å². The first-order valence-electron chi connectivity index (χ1n) is 6.34. The molecule has 0 saturated heterocycles. The normalized spacial score (nSPS) is 14.7. The van der Waals surface area contributed by atoms with E-state index < -0.39 is 0 Å². The molecule has 1 aromatic carbocycles. The largest absolute Gasteiger partial charge is 0.351 e. The number of para-hydroxylation sites is 1. The Morgan fingerprint density at radius 1 is 1.11 bits per heavy atom. The highest BCUT2D eigenvalue weighted by atomic mass is 32.1. The number of nitrogens with zero attached hydrogens (tertiary/aromatic N) is 3. The molecule has 1 N–H and O–H groups in total. The summed E-state index contributed by atoms with van der Waals surface area (Å²) < 4.78 is 1.19. The first-order valence-corrected chi connectivity index (χ1v) is 7.16. The average Bonchev–Trinajstić information content (AvgIpc) is 3.14. The van der Waals surface area contributed by atoms with Crippen LogP contribution in [0.2, 0.25) is 0 Å². The van der Waals surface area contributed by atoms with E-state index in [9.17, 15) is 0 Å². The van der Waals surface area contributed by atoms with Crippen LogP contribution in [0.15, 0.2) is 36.5 Å². The summed E-state index contributed by atoms with van der Waals surface area (Å²) in [6.07, 6.45) is 4.22. The molecule has 19 heavy (non-hydrogen) atoms. The second-order valence-corrected chi connectivity index (χ2v) is 5.70. The van der Waals surface area contributed by atoms with Gasteiger partial charge in [-0.1, -0.05) is 12.1 Å². The fraction of sp³-hybridized carbons (Fsp3) is 0.214. The highest BCUT2D eigenvalue weighted by Gasteiger charge is 2.22. The Kier molecular flexibility index (Phi) is 2.45. The predicted molar refractivity (Wildman–Crippen MR) is 77.3 cm³/mol. The number of benzene rings is 1. The van der Waals surface area contributed by atoms with Gasteiger partial charge in [0.1, 0.15) is 10.7 Å². The lowest BCUT2D eigenvalue weighted by Gasteiger charge is -2.02. The molecule has 1 aliphatic rings. The molecule has 4 rings (SSSR count). The third kappa shape index (κ3) is 2.17. The van der Waals surface area contributed by atoms with Crippen LogP contribution in [0.3, 0.4) is 0 Å². The molecular formula is C14H12N4S. The molecule has 0 aliphatic heterocycles. The van der Waals surface area contributed by atoms with Gasteiger partial charge in [0.15, 0.2) is 0 Å². The lowest BCUT2D eigenvalue weighted by atomic mass is 10.3. The van der Waals surface area contributed by atoms with Crippen molar-refractivity contribution in [2.24, 2.45) is 0 Å². The minimum Gasteiger partial charge on any atom is -0.351 e. The van der Waals surface area contributed by atoms with Gasteiger partial charge in [-0.3, -0.25) is 0 Å². The van der Waals surface area contributed by atoms with Crippen LogP contribution in [-0.2, 0) is 0 Å². The van der Waals surface area contributed by atoms with Crippen molar-refractivity contribution in [2.75, 3.05) is 5.32 Å². The van der Waals surface area contributed by atoms with Crippen LogP contribution in [0, 0.1) is 0 Å². The smallest absolute Gasteiger partial charge is 0.223 e. The van der Waals surface area contributed by atoms with Crippen LogP contribution in [0.5, 0.6) is 0 Å². The summed E-state index contributed by atoms with van der Waals surface area (Å²) in [4.78, 5) is 13.4. The van der Waals surface area contributed by atoms with Crippen LogP contribution in [0.1, 0.15) is 12.8 Å².